The summed E-state index contributed by atoms with van der Waals surface area (Å²) in [4.78, 5) is 16.9. The minimum Gasteiger partial charge on any atom is -0.337 e. The molecule has 116 valence electrons. The second kappa shape index (κ2) is 7.76. The molecule has 0 saturated carbocycles. The summed E-state index contributed by atoms with van der Waals surface area (Å²) < 4.78 is 0. The van der Waals surface area contributed by atoms with E-state index in [-0.39, 0.29) is 11.9 Å². The van der Waals surface area contributed by atoms with Crippen LogP contribution in [0.3, 0.4) is 0 Å². The van der Waals surface area contributed by atoms with Crippen molar-refractivity contribution in [2.45, 2.75) is 19.5 Å². The van der Waals surface area contributed by atoms with E-state index in [9.17, 15) is 4.79 Å². The van der Waals surface area contributed by atoms with Crippen molar-refractivity contribution in [3.05, 3.63) is 71.8 Å². The van der Waals surface area contributed by atoms with Gasteiger partial charge >= 0.3 is 0 Å². The monoisotopic (exact) mass is 296 g/mol. The van der Waals surface area contributed by atoms with Gasteiger partial charge in [-0.3, -0.25) is 9.69 Å². The third kappa shape index (κ3) is 3.95. The zero-order valence-corrected chi connectivity index (χ0v) is 13.6. The number of benzene rings is 2. The van der Waals surface area contributed by atoms with Gasteiger partial charge < -0.3 is 4.90 Å². The van der Waals surface area contributed by atoms with E-state index in [1.807, 2.05) is 79.3 Å². The van der Waals surface area contributed by atoms with Crippen LogP contribution in [0.25, 0.3) is 0 Å². The summed E-state index contributed by atoms with van der Waals surface area (Å²) in [6.45, 7) is 3.37. The van der Waals surface area contributed by atoms with E-state index in [1.165, 1.54) is 0 Å². The maximum Gasteiger partial charge on any atom is 0.244 e. The number of carbonyl (C=O) groups is 1. The highest BCUT2D eigenvalue weighted by molar-refractivity contribution is 5.83. The molecular weight excluding hydrogens is 272 g/mol. The van der Waals surface area contributed by atoms with Gasteiger partial charge in [0, 0.05) is 13.1 Å². The van der Waals surface area contributed by atoms with Gasteiger partial charge in [-0.05, 0) is 32.1 Å². The van der Waals surface area contributed by atoms with Crippen molar-refractivity contribution < 1.29 is 4.79 Å². The topological polar surface area (TPSA) is 23.6 Å². The maximum absolute atomic E-state index is 13.0. The molecule has 0 aliphatic carbocycles. The van der Waals surface area contributed by atoms with Gasteiger partial charge in [0.05, 0.1) is 0 Å². The fraction of sp³-hybridized carbons (Fsp3) is 0.316. The third-order valence-electron chi connectivity index (χ3n) is 3.78. The van der Waals surface area contributed by atoms with Crippen LogP contribution in [0.1, 0.15) is 24.1 Å². The molecule has 3 heteroatoms. The molecule has 2 rings (SSSR count). The second-order valence-electron chi connectivity index (χ2n) is 5.61. The van der Waals surface area contributed by atoms with Gasteiger partial charge in [-0.15, -0.1) is 0 Å². The molecule has 0 N–H and O–H groups in total. The van der Waals surface area contributed by atoms with Crippen molar-refractivity contribution in [3.63, 3.8) is 0 Å². The van der Waals surface area contributed by atoms with E-state index in [4.69, 9.17) is 0 Å². The Bertz CT molecular complexity index is 581. The first-order valence-electron chi connectivity index (χ1n) is 7.67. The SMILES string of the molecule is CCN(Cc1ccccc1)C(=O)C(c1ccccc1)N(C)C. The van der Waals surface area contributed by atoms with Gasteiger partial charge in [-0.25, -0.2) is 0 Å². The number of rotatable bonds is 6. The van der Waals surface area contributed by atoms with Crippen LogP contribution in [0.2, 0.25) is 0 Å². The predicted octanol–water partition coefficient (Wildman–Crippen LogP) is 3.34. The molecule has 2 aromatic carbocycles. The Kier molecular flexibility index (Phi) is 5.73. The van der Waals surface area contributed by atoms with Crippen LogP contribution < -0.4 is 0 Å². The molecule has 3 nitrogen and oxygen atoms in total. The average molecular weight is 296 g/mol. The van der Waals surface area contributed by atoms with Gasteiger partial charge in [0.1, 0.15) is 6.04 Å². The van der Waals surface area contributed by atoms with Crippen LogP contribution in [0.5, 0.6) is 0 Å². The standard InChI is InChI=1S/C19H24N2O/c1-4-21(15-16-11-7-5-8-12-16)19(22)18(20(2)3)17-13-9-6-10-14-17/h5-14,18H,4,15H2,1-3H3. The van der Waals surface area contributed by atoms with Crippen LogP contribution in [0.4, 0.5) is 0 Å². The summed E-state index contributed by atoms with van der Waals surface area (Å²) in [5.41, 5.74) is 2.19. The normalized spacial score (nSPS) is 12.2. The summed E-state index contributed by atoms with van der Waals surface area (Å²) in [7, 11) is 3.90. The Labute approximate surface area is 133 Å². The molecule has 0 spiro atoms. The number of hydrogen-bond donors (Lipinski definition) is 0. The van der Waals surface area contributed by atoms with Crippen molar-refractivity contribution in [3.8, 4) is 0 Å². The molecule has 0 aliphatic rings. The summed E-state index contributed by atoms with van der Waals surface area (Å²) in [5, 5.41) is 0. The third-order valence-corrected chi connectivity index (χ3v) is 3.78. The van der Waals surface area contributed by atoms with Crippen molar-refractivity contribution in [1.82, 2.24) is 9.80 Å². The van der Waals surface area contributed by atoms with E-state index >= 15 is 0 Å². The molecule has 1 amide bonds. The highest BCUT2D eigenvalue weighted by Crippen LogP contribution is 2.21. The molecular formula is C19H24N2O. The van der Waals surface area contributed by atoms with Crippen LogP contribution in [0, 0.1) is 0 Å². The molecule has 0 aliphatic heterocycles. The zero-order valence-electron chi connectivity index (χ0n) is 13.6. The summed E-state index contributed by atoms with van der Waals surface area (Å²) in [5.74, 6) is 0.141. The molecule has 2 aromatic rings. The van der Waals surface area contributed by atoms with Gasteiger partial charge in [0.15, 0.2) is 0 Å². The Morgan fingerprint density at radius 3 is 2.00 bits per heavy atom. The lowest BCUT2D eigenvalue weighted by atomic mass is 10.0. The van der Waals surface area contributed by atoms with Crippen molar-refractivity contribution in [1.29, 1.82) is 0 Å². The Morgan fingerprint density at radius 2 is 1.50 bits per heavy atom. The Hall–Kier alpha value is -2.13. The Morgan fingerprint density at radius 1 is 0.955 bits per heavy atom. The largest absolute Gasteiger partial charge is 0.337 e. The molecule has 1 unspecified atom stereocenters. The lowest BCUT2D eigenvalue weighted by molar-refractivity contribution is -0.136. The van der Waals surface area contributed by atoms with Gasteiger partial charge in [0.25, 0.3) is 0 Å². The minimum absolute atomic E-state index is 0.141. The molecule has 0 bridgehead atoms. The van der Waals surface area contributed by atoms with Crippen molar-refractivity contribution in [2.75, 3.05) is 20.6 Å². The lowest BCUT2D eigenvalue weighted by Gasteiger charge is -2.30. The molecule has 1 atom stereocenters. The van der Waals surface area contributed by atoms with Gasteiger partial charge in [-0.1, -0.05) is 60.7 Å². The molecule has 0 heterocycles. The fourth-order valence-corrected chi connectivity index (χ4v) is 2.62. The lowest BCUT2D eigenvalue weighted by Crippen LogP contribution is -2.40. The zero-order chi connectivity index (χ0) is 15.9. The Balaban J connectivity index is 2.21. The van der Waals surface area contributed by atoms with Gasteiger partial charge in [-0.2, -0.15) is 0 Å². The number of amides is 1. The minimum atomic E-state index is -0.245. The highest BCUT2D eigenvalue weighted by atomic mass is 16.2. The summed E-state index contributed by atoms with van der Waals surface area (Å²) in [6.07, 6.45) is 0. The molecule has 22 heavy (non-hydrogen) atoms. The number of carbonyl (C=O) groups excluding carboxylic acids is 1. The van der Waals surface area contributed by atoms with Crippen LogP contribution in [-0.4, -0.2) is 36.3 Å². The first-order valence-corrected chi connectivity index (χ1v) is 7.67. The van der Waals surface area contributed by atoms with E-state index in [0.29, 0.717) is 13.1 Å². The number of likely N-dealkylation sites (N-methyl/N-ethyl adjacent to an activating group) is 2. The summed E-state index contributed by atoms with van der Waals surface area (Å²) in [6, 6.07) is 19.8. The highest BCUT2D eigenvalue weighted by Gasteiger charge is 2.26. The van der Waals surface area contributed by atoms with Crippen molar-refractivity contribution >= 4 is 5.91 Å². The predicted molar refractivity (Wildman–Crippen MR) is 90.4 cm³/mol. The van der Waals surface area contributed by atoms with Crippen LogP contribution in [-0.2, 0) is 11.3 Å². The number of hydrogen-bond acceptors (Lipinski definition) is 2. The first kappa shape index (κ1) is 16.2. The van der Waals surface area contributed by atoms with Gasteiger partial charge in [0.2, 0.25) is 5.91 Å². The molecule has 0 saturated heterocycles. The average Bonchev–Trinajstić information content (AvgIpc) is 2.54. The van der Waals surface area contributed by atoms with E-state index in [0.717, 1.165) is 11.1 Å². The fourth-order valence-electron chi connectivity index (χ4n) is 2.62. The second-order valence-corrected chi connectivity index (χ2v) is 5.61. The molecule has 0 radical (unpaired) electrons. The molecule has 0 fully saturated rings. The smallest absolute Gasteiger partial charge is 0.244 e. The summed E-state index contributed by atoms with van der Waals surface area (Å²) >= 11 is 0. The van der Waals surface area contributed by atoms with E-state index < -0.39 is 0 Å². The van der Waals surface area contributed by atoms with E-state index in [2.05, 4.69) is 12.1 Å². The van der Waals surface area contributed by atoms with Crippen LogP contribution in [0.15, 0.2) is 60.7 Å². The van der Waals surface area contributed by atoms with Crippen LogP contribution >= 0.6 is 0 Å². The molecule has 0 aromatic heterocycles. The quantitative estimate of drug-likeness (QED) is 0.816. The van der Waals surface area contributed by atoms with E-state index in [1.54, 1.807) is 0 Å². The number of nitrogens with zero attached hydrogens (tertiary/aromatic N) is 2. The van der Waals surface area contributed by atoms with Crippen molar-refractivity contribution in [2.24, 2.45) is 0 Å². The first-order chi connectivity index (χ1) is 10.6. The maximum atomic E-state index is 13.0.